The van der Waals surface area contributed by atoms with Crippen molar-refractivity contribution in [2.24, 2.45) is 5.73 Å². The number of hydrogen-bond donors (Lipinski definition) is 2. The minimum absolute atomic E-state index is 0.0201. The zero-order chi connectivity index (χ0) is 12.3. The molecule has 0 aromatic carbocycles. The molecular formula is C12H22N2O2S. The summed E-state index contributed by atoms with van der Waals surface area (Å²) >= 11 is 1.85. The second-order valence-corrected chi connectivity index (χ2v) is 6.13. The Balaban J connectivity index is 1.91. The van der Waals surface area contributed by atoms with Gasteiger partial charge in [0, 0.05) is 24.5 Å². The van der Waals surface area contributed by atoms with Crippen molar-refractivity contribution in [2.45, 2.75) is 48.9 Å². The molecule has 1 saturated heterocycles. The summed E-state index contributed by atoms with van der Waals surface area (Å²) in [7, 11) is 0. The molecule has 2 unspecified atom stereocenters. The molecule has 98 valence electrons. The smallest absolute Gasteiger partial charge is 0.240 e. The van der Waals surface area contributed by atoms with Gasteiger partial charge in [-0.25, -0.2) is 0 Å². The molecule has 1 aliphatic carbocycles. The third kappa shape index (κ3) is 2.95. The number of thioether (sulfide) groups is 1. The standard InChI is InChI=1S/C12H22N2O2S/c1-17-10-4-2-3-9(10)14-11(15)12(13)5-7-16-8-6-12/h9-10H,2-8,13H2,1H3,(H,14,15). The normalized spacial score (nSPS) is 32.4. The Morgan fingerprint density at radius 3 is 2.76 bits per heavy atom. The fourth-order valence-corrected chi connectivity index (χ4v) is 3.58. The second-order valence-electron chi connectivity index (χ2n) is 5.05. The Hall–Kier alpha value is -0.260. The SMILES string of the molecule is CSC1CCCC1NC(=O)C1(N)CCOCC1. The predicted molar refractivity (Wildman–Crippen MR) is 70.1 cm³/mol. The maximum absolute atomic E-state index is 12.2. The highest BCUT2D eigenvalue weighted by Gasteiger charge is 2.38. The third-order valence-electron chi connectivity index (χ3n) is 3.91. The Kier molecular flexibility index (Phi) is 4.33. The van der Waals surface area contributed by atoms with Gasteiger partial charge in [-0.15, -0.1) is 0 Å². The number of carbonyl (C=O) groups is 1. The van der Waals surface area contributed by atoms with Gasteiger partial charge in [-0.3, -0.25) is 4.79 Å². The molecule has 0 bridgehead atoms. The van der Waals surface area contributed by atoms with E-state index >= 15 is 0 Å². The second kappa shape index (κ2) is 5.59. The van der Waals surface area contributed by atoms with Crippen molar-refractivity contribution in [1.29, 1.82) is 0 Å². The molecule has 1 amide bonds. The van der Waals surface area contributed by atoms with Crippen LogP contribution >= 0.6 is 11.8 Å². The van der Waals surface area contributed by atoms with Crippen LogP contribution in [-0.4, -0.2) is 42.2 Å². The lowest BCUT2D eigenvalue weighted by Gasteiger charge is -2.33. The van der Waals surface area contributed by atoms with E-state index in [1.165, 1.54) is 12.8 Å². The number of nitrogens with one attached hydrogen (secondary N) is 1. The van der Waals surface area contributed by atoms with Crippen molar-refractivity contribution in [1.82, 2.24) is 5.32 Å². The van der Waals surface area contributed by atoms with E-state index < -0.39 is 5.54 Å². The maximum Gasteiger partial charge on any atom is 0.240 e. The summed E-state index contributed by atoms with van der Waals surface area (Å²) in [5.74, 6) is 0.0201. The van der Waals surface area contributed by atoms with Gasteiger partial charge in [0.1, 0.15) is 0 Å². The molecule has 1 heterocycles. The number of nitrogens with two attached hydrogens (primary N) is 1. The molecule has 1 aliphatic heterocycles. The van der Waals surface area contributed by atoms with Gasteiger partial charge in [0.15, 0.2) is 0 Å². The quantitative estimate of drug-likeness (QED) is 0.789. The zero-order valence-electron chi connectivity index (χ0n) is 10.4. The van der Waals surface area contributed by atoms with E-state index in [0.717, 1.165) is 6.42 Å². The van der Waals surface area contributed by atoms with Crippen LogP contribution < -0.4 is 11.1 Å². The summed E-state index contributed by atoms with van der Waals surface area (Å²) in [5, 5.41) is 3.71. The monoisotopic (exact) mass is 258 g/mol. The van der Waals surface area contributed by atoms with Gasteiger partial charge in [0.25, 0.3) is 0 Å². The van der Waals surface area contributed by atoms with Gasteiger partial charge in [0.05, 0.1) is 5.54 Å². The lowest BCUT2D eigenvalue weighted by atomic mass is 9.90. The van der Waals surface area contributed by atoms with Gasteiger partial charge >= 0.3 is 0 Å². The summed E-state index contributed by atoms with van der Waals surface area (Å²) in [5.41, 5.74) is 5.46. The average Bonchev–Trinajstić information content (AvgIpc) is 2.77. The van der Waals surface area contributed by atoms with Crippen LogP contribution in [0.1, 0.15) is 32.1 Å². The lowest BCUT2D eigenvalue weighted by molar-refractivity contribution is -0.130. The molecule has 2 atom stereocenters. The third-order valence-corrected chi connectivity index (χ3v) is 5.08. The van der Waals surface area contributed by atoms with Crippen LogP contribution in [0.3, 0.4) is 0 Å². The summed E-state index contributed by atoms with van der Waals surface area (Å²) in [6.07, 6.45) is 6.88. The highest BCUT2D eigenvalue weighted by molar-refractivity contribution is 7.99. The first-order valence-electron chi connectivity index (χ1n) is 6.36. The Morgan fingerprint density at radius 1 is 1.41 bits per heavy atom. The van der Waals surface area contributed by atoms with Crippen molar-refractivity contribution in [2.75, 3.05) is 19.5 Å². The van der Waals surface area contributed by atoms with Crippen molar-refractivity contribution >= 4 is 17.7 Å². The van der Waals surface area contributed by atoms with E-state index in [0.29, 0.717) is 37.3 Å². The van der Waals surface area contributed by atoms with E-state index in [2.05, 4.69) is 11.6 Å². The molecular weight excluding hydrogens is 236 g/mol. The molecule has 2 fully saturated rings. The van der Waals surface area contributed by atoms with Crippen molar-refractivity contribution < 1.29 is 9.53 Å². The van der Waals surface area contributed by atoms with E-state index in [-0.39, 0.29) is 5.91 Å². The molecule has 0 aromatic heterocycles. The van der Waals surface area contributed by atoms with E-state index in [1.54, 1.807) is 0 Å². The minimum atomic E-state index is -0.705. The largest absolute Gasteiger partial charge is 0.381 e. The lowest BCUT2D eigenvalue weighted by Crippen LogP contribution is -2.59. The molecule has 2 aliphatic rings. The van der Waals surface area contributed by atoms with Crippen molar-refractivity contribution in [3.8, 4) is 0 Å². The topological polar surface area (TPSA) is 64.4 Å². The number of ether oxygens (including phenoxy) is 1. The fourth-order valence-electron chi connectivity index (χ4n) is 2.65. The van der Waals surface area contributed by atoms with E-state index in [9.17, 15) is 4.79 Å². The number of carbonyl (C=O) groups excluding carboxylic acids is 1. The van der Waals surface area contributed by atoms with Crippen molar-refractivity contribution in [3.05, 3.63) is 0 Å². The summed E-state index contributed by atoms with van der Waals surface area (Å²) < 4.78 is 5.26. The average molecular weight is 258 g/mol. The van der Waals surface area contributed by atoms with Crippen LogP contribution in [0.4, 0.5) is 0 Å². The molecule has 0 aromatic rings. The minimum Gasteiger partial charge on any atom is -0.381 e. The predicted octanol–water partition coefficient (Wildman–Crippen LogP) is 0.895. The van der Waals surface area contributed by atoms with Crippen LogP contribution in [0, 0.1) is 0 Å². The molecule has 17 heavy (non-hydrogen) atoms. The van der Waals surface area contributed by atoms with Gasteiger partial charge in [0.2, 0.25) is 5.91 Å². The van der Waals surface area contributed by atoms with Gasteiger partial charge in [-0.2, -0.15) is 11.8 Å². The zero-order valence-corrected chi connectivity index (χ0v) is 11.2. The highest BCUT2D eigenvalue weighted by Crippen LogP contribution is 2.29. The van der Waals surface area contributed by atoms with E-state index in [4.69, 9.17) is 10.5 Å². The highest BCUT2D eigenvalue weighted by atomic mass is 32.2. The Bertz CT molecular complexity index is 280. The first-order chi connectivity index (χ1) is 8.15. The van der Waals surface area contributed by atoms with Gasteiger partial charge in [-0.1, -0.05) is 6.42 Å². The summed E-state index contributed by atoms with van der Waals surface area (Å²) in [6, 6.07) is 0.306. The van der Waals surface area contributed by atoms with Crippen LogP contribution in [-0.2, 0) is 9.53 Å². The first-order valence-corrected chi connectivity index (χ1v) is 7.65. The molecule has 0 spiro atoms. The number of amides is 1. The number of rotatable bonds is 3. The van der Waals surface area contributed by atoms with Crippen LogP contribution in [0.5, 0.6) is 0 Å². The van der Waals surface area contributed by atoms with Gasteiger partial charge < -0.3 is 15.8 Å². The van der Waals surface area contributed by atoms with Gasteiger partial charge in [-0.05, 0) is 31.9 Å². The number of hydrogen-bond acceptors (Lipinski definition) is 4. The molecule has 4 nitrogen and oxygen atoms in total. The molecule has 3 N–H and O–H groups in total. The first kappa shape index (κ1) is 13.2. The molecule has 1 saturated carbocycles. The van der Waals surface area contributed by atoms with Crippen molar-refractivity contribution in [3.63, 3.8) is 0 Å². The van der Waals surface area contributed by atoms with Crippen LogP contribution in [0.2, 0.25) is 0 Å². The van der Waals surface area contributed by atoms with Crippen LogP contribution in [0.25, 0.3) is 0 Å². The summed E-state index contributed by atoms with van der Waals surface area (Å²) in [4.78, 5) is 12.2. The molecule has 5 heteroatoms. The van der Waals surface area contributed by atoms with Crippen LogP contribution in [0.15, 0.2) is 0 Å². The maximum atomic E-state index is 12.2. The fraction of sp³-hybridized carbons (Fsp3) is 0.917. The Labute approximate surface area is 107 Å². The Morgan fingerprint density at radius 2 is 2.12 bits per heavy atom. The summed E-state index contributed by atoms with van der Waals surface area (Å²) in [6.45, 7) is 1.20. The molecule has 0 radical (unpaired) electrons. The molecule has 2 rings (SSSR count). The van der Waals surface area contributed by atoms with E-state index in [1.807, 2.05) is 11.8 Å².